The van der Waals surface area contributed by atoms with Gasteiger partial charge in [0.15, 0.2) is 0 Å². The Morgan fingerprint density at radius 3 is 2.82 bits per heavy atom. The lowest BCUT2D eigenvalue weighted by Crippen LogP contribution is -2.46. The van der Waals surface area contributed by atoms with Gasteiger partial charge in [0.05, 0.1) is 17.9 Å². The maximum absolute atomic E-state index is 11.8. The predicted molar refractivity (Wildman–Crippen MR) is 66.5 cm³/mol. The summed E-state index contributed by atoms with van der Waals surface area (Å²) in [6.45, 7) is 2.55. The Morgan fingerprint density at radius 2 is 2.35 bits per heavy atom. The Kier molecular flexibility index (Phi) is 5.35. The molecule has 1 aliphatic heterocycles. The first-order valence-corrected chi connectivity index (χ1v) is 7.55. The quantitative estimate of drug-likeness (QED) is 0.450. The minimum atomic E-state index is -3.43. The highest BCUT2D eigenvalue weighted by Crippen LogP contribution is 2.14. The second kappa shape index (κ2) is 6.32. The van der Waals surface area contributed by atoms with E-state index in [1.807, 2.05) is 6.92 Å². The molecule has 0 spiro atoms. The van der Waals surface area contributed by atoms with Crippen LogP contribution in [0.4, 0.5) is 0 Å². The van der Waals surface area contributed by atoms with Crippen molar-refractivity contribution >= 4 is 15.9 Å². The van der Waals surface area contributed by atoms with Crippen molar-refractivity contribution in [2.45, 2.75) is 44.8 Å². The van der Waals surface area contributed by atoms with E-state index in [0.717, 1.165) is 19.3 Å². The summed E-state index contributed by atoms with van der Waals surface area (Å²) in [5.41, 5.74) is 5.36. The highest BCUT2D eigenvalue weighted by Gasteiger charge is 2.26. The van der Waals surface area contributed by atoms with Gasteiger partial charge in [0, 0.05) is 6.61 Å². The molecule has 0 radical (unpaired) electrons. The molecule has 100 valence electrons. The lowest BCUT2D eigenvalue weighted by molar-refractivity contribution is 0.127. The third kappa shape index (κ3) is 5.01. The van der Waals surface area contributed by atoms with Gasteiger partial charge in [-0.3, -0.25) is 5.41 Å². The monoisotopic (exact) mass is 263 g/mol. The van der Waals surface area contributed by atoms with Crippen molar-refractivity contribution in [3.8, 4) is 0 Å². The molecule has 0 aromatic carbocycles. The molecule has 0 saturated carbocycles. The number of sulfonamides is 1. The molecule has 0 aromatic heterocycles. The van der Waals surface area contributed by atoms with E-state index in [9.17, 15) is 8.42 Å². The van der Waals surface area contributed by atoms with Crippen molar-refractivity contribution in [1.29, 1.82) is 5.41 Å². The number of hydrogen-bond acceptors (Lipinski definition) is 4. The Labute approximate surface area is 102 Å². The van der Waals surface area contributed by atoms with Gasteiger partial charge in [0.1, 0.15) is 5.84 Å². The topological polar surface area (TPSA) is 105 Å². The molecular weight excluding hydrogens is 242 g/mol. The minimum absolute atomic E-state index is 0.0412. The van der Waals surface area contributed by atoms with Crippen LogP contribution in [0.25, 0.3) is 0 Å². The van der Waals surface area contributed by atoms with E-state index in [1.54, 1.807) is 0 Å². The molecule has 17 heavy (non-hydrogen) atoms. The van der Waals surface area contributed by atoms with Crippen LogP contribution in [0.1, 0.15) is 32.6 Å². The third-order valence-corrected chi connectivity index (χ3v) is 4.16. The van der Waals surface area contributed by atoms with Crippen molar-refractivity contribution in [3.05, 3.63) is 0 Å². The van der Waals surface area contributed by atoms with Crippen LogP contribution in [-0.4, -0.2) is 38.8 Å². The summed E-state index contributed by atoms with van der Waals surface area (Å²) in [6, 6.07) is -0.591. The van der Waals surface area contributed by atoms with Crippen molar-refractivity contribution in [2.75, 3.05) is 12.4 Å². The lowest BCUT2D eigenvalue weighted by Gasteiger charge is -2.18. The zero-order valence-electron chi connectivity index (χ0n) is 10.1. The van der Waals surface area contributed by atoms with Crippen LogP contribution in [0.15, 0.2) is 0 Å². The van der Waals surface area contributed by atoms with Gasteiger partial charge < -0.3 is 10.5 Å². The zero-order chi connectivity index (χ0) is 12.9. The van der Waals surface area contributed by atoms with Crippen LogP contribution >= 0.6 is 0 Å². The number of rotatable bonds is 7. The van der Waals surface area contributed by atoms with E-state index in [-0.39, 0.29) is 17.7 Å². The lowest BCUT2D eigenvalue weighted by atomic mass is 10.2. The molecule has 1 heterocycles. The second-order valence-electron chi connectivity index (χ2n) is 4.33. The number of hydrogen-bond donors (Lipinski definition) is 3. The smallest absolute Gasteiger partial charge is 0.214 e. The second-order valence-corrected chi connectivity index (χ2v) is 6.13. The predicted octanol–water partition coefficient (Wildman–Crippen LogP) is 0.189. The number of nitrogens with two attached hydrogens (primary N) is 1. The van der Waals surface area contributed by atoms with E-state index >= 15 is 0 Å². The third-order valence-electron chi connectivity index (χ3n) is 2.70. The SMILES string of the molecule is CCCC(NS(=O)(=O)CC1CCCO1)C(=N)N. The minimum Gasteiger partial charge on any atom is -0.386 e. The average Bonchev–Trinajstić information content (AvgIpc) is 2.68. The fraction of sp³-hybridized carbons (Fsp3) is 0.900. The summed E-state index contributed by atoms with van der Waals surface area (Å²) < 4.78 is 31.4. The molecule has 1 rings (SSSR count). The maximum Gasteiger partial charge on any atom is 0.214 e. The summed E-state index contributed by atoms with van der Waals surface area (Å²) in [6.07, 6.45) is 2.78. The van der Waals surface area contributed by atoms with Crippen molar-refractivity contribution in [2.24, 2.45) is 5.73 Å². The van der Waals surface area contributed by atoms with Crippen LogP contribution in [0.2, 0.25) is 0 Å². The number of amidine groups is 1. The van der Waals surface area contributed by atoms with E-state index in [2.05, 4.69) is 4.72 Å². The molecule has 0 bridgehead atoms. The van der Waals surface area contributed by atoms with Gasteiger partial charge in [-0.1, -0.05) is 13.3 Å². The fourth-order valence-corrected chi connectivity index (χ4v) is 3.38. The van der Waals surface area contributed by atoms with Crippen LogP contribution in [0.3, 0.4) is 0 Å². The van der Waals surface area contributed by atoms with Crippen molar-refractivity contribution in [1.82, 2.24) is 4.72 Å². The van der Waals surface area contributed by atoms with Gasteiger partial charge in [-0.25, -0.2) is 13.1 Å². The fourth-order valence-electron chi connectivity index (χ4n) is 1.85. The highest BCUT2D eigenvalue weighted by atomic mass is 32.2. The molecule has 0 amide bonds. The molecular formula is C10H21N3O3S. The standard InChI is InChI=1S/C10H21N3O3S/c1-2-4-9(10(11)12)13-17(14,15)7-8-5-3-6-16-8/h8-9,13H,2-7H2,1H3,(H3,11,12). The summed E-state index contributed by atoms with van der Waals surface area (Å²) in [7, 11) is -3.43. The largest absolute Gasteiger partial charge is 0.386 e. The summed E-state index contributed by atoms with van der Waals surface area (Å²) >= 11 is 0. The van der Waals surface area contributed by atoms with Gasteiger partial charge >= 0.3 is 0 Å². The number of nitrogens with one attached hydrogen (secondary N) is 2. The summed E-state index contributed by atoms with van der Waals surface area (Å²) in [5, 5.41) is 7.34. The molecule has 1 saturated heterocycles. The Hall–Kier alpha value is -0.660. The van der Waals surface area contributed by atoms with Gasteiger partial charge in [0.2, 0.25) is 10.0 Å². The average molecular weight is 263 g/mol. The van der Waals surface area contributed by atoms with E-state index in [1.165, 1.54) is 0 Å². The van der Waals surface area contributed by atoms with Crippen molar-refractivity contribution < 1.29 is 13.2 Å². The summed E-state index contributed by atoms with van der Waals surface area (Å²) in [5.74, 6) is -0.178. The molecule has 2 unspecified atom stereocenters. The molecule has 1 fully saturated rings. The van der Waals surface area contributed by atoms with Gasteiger partial charge in [-0.2, -0.15) is 0 Å². The maximum atomic E-state index is 11.8. The van der Waals surface area contributed by atoms with E-state index in [4.69, 9.17) is 15.9 Å². The van der Waals surface area contributed by atoms with Crippen LogP contribution in [0, 0.1) is 5.41 Å². The molecule has 7 heteroatoms. The summed E-state index contributed by atoms with van der Waals surface area (Å²) in [4.78, 5) is 0. The molecule has 1 aliphatic rings. The normalized spacial score (nSPS) is 22.5. The van der Waals surface area contributed by atoms with E-state index in [0.29, 0.717) is 13.0 Å². The zero-order valence-corrected chi connectivity index (χ0v) is 10.9. The molecule has 6 nitrogen and oxygen atoms in total. The Morgan fingerprint density at radius 1 is 1.65 bits per heavy atom. The molecule has 0 aliphatic carbocycles. The highest BCUT2D eigenvalue weighted by molar-refractivity contribution is 7.89. The van der Waals surface area contributed by atoms with Crippen LogP contribution < -0.4 is 10.5 Å². The van der Waals surface area contributed by atoms with Gasteiger partial charge in [-0.15, -0.1) is 0 Å². The van der Waals surface area contributed by atoms with Crippen LogP contribution in [0.5, 0.6) is 0 Å². The first-order valence-electron chi connectivity index (χ1n) is 5.90. The molecule has 4 N–H and O–H groups in total. The first-order chi connectivity index (χ1) is 7.94. The Balaban J connectivity index is 2.53. The van der Waals surface area contributed by atoms with Gasteiger partial charge in [-0.05, 0) is 19.3 Å². The van der Waals surface area contributed by atoms with Gasteiger partial charge in [0.25, 0.3) is 0 Å². The molecule has 0 aromatic rings. The Bertz CT molecular complexity index is 350. The van der Waals surface area contributed by atoms with E-state index < -0.39 is 16.1 Å². The van der Waals surface area contributed by atoms with Crippen molar-refractivity contribution in [3.63, 3.8) is 0 Å². The number of ether oxygens (including phenoxy) is 1. The molecule has 2 atom stereocenters. The first kappa shape index (κ1) is 14.4. The van der Waals surface area contributed by atoms with Crippen LogP contribution in [-0.2, 0) is 14.8 Å².